The van der Waals surface area contributed by atoms with Crippen LogP contribution in [0.25, 0.3) is 11.1 Å². The van der Waals surface area contributed by atoms with Crippen LogP contribution < -0.4 is 16.0 Å². The number of nitrogens with one attached hydrogen (secondary N) is 3. The first-order valence-electron chi connectivity index (χ1n) is 12.0. The van der Waals surface area contributed by atoms with Crippen molar-refractivity contribution in [2.75, 3.05) is 25.0 Å². The molecule has 0 fully saturated rings. The Balaban J connectivity index is 1.59. The van der Waals surface area contributed by atoms with E-state index in [0.717, 1.165) is 0 Å². The average molecular weight is 577 g/mol. The van der Waals surface area contributed by atoms with Crippen LogP contribution in [0.2, 0.25) is 0 Å². The zero-order valence-electron chi connectivity index (χ0n) is 21.2. The molecule has 1 atom stereocenters. The minimum atomic E-state index is -5.39. The molecule has 216 valence electrons. The van der Waals surface area contributed by atoms with Crippen LogP contribution in [0, 0.1) is 5.82 Å². The van der Waals surface area contributed by atoms with Gasteiger partial charge in [-0.3, -0.25) is 9.59 Å². The number of esters is 2. The van der Waals surface area contributed by atoms with Gasteiger partial charge in [-0.2, -0.15) is 13.2 Å². The van der Waals surface area contributed by atoms with Crippen LogP contribution in [0.15, 0.2) is 72.9 Å². The maximum Gasteiger partial charge on any atom is 0.491 e. The van der Waals surface area contributed by atoms with Gasteiger partial charge in [-0.05, 0) is 41.0 Å². The number of amides is 2. The molecule has 41 heavy (non-hydrogen) atoms. The molecule has 2 aromatic carbocycles. The Kier molecular flexibility index (Phi) is 10.7. The van der Waals surface area contributed by atoms with E-state index in [1.807, 2.05) is 0 Å². The molecular weight excluding hydrogens is 552 g/mol. The van der Waals surface area contributed by atoms with Gasteiger partial charge in [-0.15, -0.1) is 0 Å². The summed E-state index contributed by atoms with van der Waals surface area (Å²) in [7, 11) is 0. The summed E-state index contributed by atoms with van der Waals surface area (Å²) in [6.45, 7) is -0.409. The second-order valence-electron chi connectivity index (χ2n) is 8.35. The number of alkyl carbamates (subject to hydrolysis) is 1. The summed E-state index contributed by atoms with van der Waals surface area (Å²) in [4.78, 5) is 51.6. The van der Waals surface area contributed by atoms with Gasteiger partial charge in [0.2, 0.25) is 5.91 Å². The van der Waals surface area contributed by atoms with Crippen molar-refractivity contribution in [3.63, 3.8) is 0 Å². The van der Waals surface area contributed by atoms with Crippen LogP contribution in [0.5, 0.6) is 0 Å². The molecule has 3 N–H and O–H groups in total. The fourth-order valence-corrected chi connectivity index (χ4v) is 3.44. The first-order chi connectivity index (χ1) is 19.5. The van der Waals surface area contributed by atoms with Crippen molar-refractivity contribution in [3.05, 3.63) is 84.3 Å². The van der Waals surface area contributed by atoms with Gasteiger partial charge in [0.25, 0.3) is 0 Å². The number of alkyl halides is 3. The number of carbonyl (C=O) groups excluding carboxylic acids is 4. The Bertz CT molecular complexity index is 1350. The predicted octanol–water partition coefficient (Wildman–Crippen LogP) is 3.91. The summed E-state index contributed by atoms with van der Waals surface area (Å²) in [6, 6.07) is 15.7. The van der Waals surface area contributed by atoms with Crippen LogP contribution in [0.1, 0.15) is 18.0 Å². The largest absolute Gasteiger partial charge is 0.491 e. The second kappa shape index (κ2) is 14.4. The number of carbonyl (C=O) groups is 4. The quantitative estimate of drug-likeness (QED) is 0.135. The highest BCUT2D eigenvalue weighted by Crippen LogP contribution is 2.25. The van der Waals surface area contributed by atoms with Gasteiger partial charge >= 0.3 is 24.2 Å². The van der Waals surface area contributed by atoms with Crippen molar-refractivity contribution in [2.24, 2.45) is 0 Å². The van der Waals surface area contributed by atoms with Crippen molar-refractivity contribution < 1.29 is 46.2 Å². The van der Waals surface area contributed by atoms with Gasteiger partial charge in [-0.25, -0.2) is 19.0 Å². The molecule has 0 spiro atoms. The Hall–Kier alpha value is -5.01. The lowest BCUT2D eigenvalue weighted by Crippen LogP contribution is -2.40. The number of pyridine rings is 1. The average Bonchev–Trinajstić information content (AvgIpc) is 2.94. The zero-order chi connectivity index (χ0) is 29.8. The predicted molar refractivity (Wildman–Crippen MR) is 137 cm³/mol. The Morgan fingerprint density at radius 1 is 0.927 bits per heavy atom. The molecule has 0 aliphatic rings. The Morgan fingerprint density at radius 3 is 2.34 bits per heavy atom. The third-order valence-corrected chi connectivity index (χ3v) is 5.31. The molecule has 0 saturated carbocycles. The molecule has 10 nitrogen and oxygen atoms in total. The van der Waals surface area contributed by atoms with Gasteiger partial charge < -0.3 is 25.4 Å². The molecule has 1 heterocycles. The van der Waals surface area contributed by atoms with Crippen LogP contribution >= 0.6 is 0 Å². The third kappa shape index (κ3) is 10.2. The van der Waals surface area contributed by atoms with Crippen LogP contribution in [0.3, 0.4) is 0 Å². The number of hydrogen-bond donors (Lipinski definition) is 3. The topological polar surface area (TPSA) is 136 Å². The highest BCUT2D eigenvalue weighted by Gasteiger charge is 2.42. The lowest BCUT2D eigenvalue weighted by atomic mass is 9.99. The van der Waals surface area contributed by atoms with Gasteiger partial charge in [0, 0.05) is 6.20 Å². The highest BCUT2D eigenvalue weighted by atomic mass is 19.4. The smallest absolute Gasteiger partial charge is 0.448 e. The van der Waals surface area contributed by atoms with E-state index in [4.69, 9.17) is 4.74 Å². The molecule has 2 amide bonds. The van der Waals surface area contributed by atoms with E-state index in [0.29, 0.717) is 16.9 Å². The van der Waals surface area contributed by atoms with Crippen LogP contribution in [-0.2, 0) is 23.9 Å². The molecule has 3 aromatic rings. The van der Waals surface area contributed by atoms with Gasteiger partial charge in [0.15, 0.2) is 0 Å². The number of aromatic nitrogens is 1. The summed E-state index contributed by atoms with van der Waals surface area (Å²) < 4.78 is 59.9. The number of nitrogens with zero attached hydrogens (tertiary/aromatic N) is 1. The molecule has 0 aliphatic carbocycles. The van der Waals surface area contributed by atoms with E-state index in [9.17, 15) is 36.7 Å². The van der Waals surface area contributed by atoms with Gasteiger partial charge in [0.1, 0.15) is 24.8 Å². The number of hydrogen-bond acceptors (Lipinski definition) is 8. The van der Waals surface area contributed by atoms with E-state index in [-0.39, 0.29) is 18.7 Å². The van der Waals surface area contributed by atoms with E-state index in [2.05, 4.69) is 25.7 Å². The van der Waals surface area contributed by atoms with E-state index >= 15 is 0 Å². The molecule has 14 heteroatoms. The standard InChI is InChI=1S/C27H24F4N4O6/c28-20-5-3-4-19(14-20)17-7-9-18(10-8-17)21(15-24(37)41-25(38)27(29,30)31)35-23(36)16-34-26(39)40-13-12-33-22-6-1-2-11-32-22/h1-11,14,21H,12-13,15-16H2,(H,32,33)(H,34,39)(H,35,36). The maximum atomic E-state index is 13.6. The Morgan fingerprint density at radius 2 is 1.68 bits per heavy atom. The van der Waals surface area contributed by atoms with Crippen LogP contribution in [-0.4, -0.2) is 54.8 Å². The van der Waals surface area contributed by atoms with Gasteiger partial charge in [-0.1, -0.05) is 42.5 Å². The number of halogens is 4. The second-order valence-corrected chi connectivity index (χ2v) is 8.35. The van der Waals surface area contributed by atoms with E-state index in [1.165, 1.54) is 30.3 Å². The first kappa shape index (κ1) is 30.5. The summed E-state index contributed by atoms with van der Waals surface area (Å²) in [5.41, 5.74) is 1.37. The zero-order valence-corrected chi connectivity index (χ0v) is 21.2. The fourth-order valence-electron chi connectivity index (χ4n) is 3.44. The van der Waals surface area contributed by atoms with Crippen molar-refractivity contribution in [3.8, 4) is 11.1 Å². The summed E-state index contributed by atoms with van der Waals surface area (Å²) in [5, 5.41) is 7.53. The Labute approximate surface area is 231 Å². The molecule has 0 aliphatic heterocycles. The highest BCUT2D eigenvalue weighted by molar-refractivity contribution is 5.89. The monoisotopic (exact) mass is 576 g/mol. The number of benzene rings is 2. The number of anilines is 1. The minimum absolute atomic E-state index is 0.0522. The molecular formula is C27H24F4N4O6. The van der Waals surface area contributed by atoms with Gasteiger partial charge in [0.05, 0.1) is 19.0 Å². The van der Waals surface area contributed by atoms with Crippen LogP contribution in [0.4, 0.5) is 28.2 Å². The molecule has 0 saturated heterocycles. The maximum absolute atomic E-state index is 13.6. The first-order valence-corrected chi connectivity index (χ1v) is 12.0. The SMILES string of the molecule is O=C(CNC(=O)OCCNc1ccccn1)NC(CC(=O)OC(=O)C(F)(F)F)c1ccc(-c2cccc(F)c2)cc1. The number of ether oxygens (including phenoxy) is 2. The minimum Gasteiger partial charge on any atom is -0.448 e. The normalized spacial score (nSPS) is 11.6. The van der Waals surface area contributed by atoms with Crippen molar-refractivity contribution in [1.29, 1.82) is 0 Å². The summed E-state index contributed by atoms with van der Waals surface area (Å²) in [5.74, 6) is -4.95. The lowest BCUT2D eigenvalue weighted by molar-refractivity contribution is -0.202. The molecule has 0 radical (unpaired) electrons. The molecule has 1 aromatic heterocycles. The molecule has 1 unspecified atom stereocenters. The van der Waals surface area contributed by atoms with E-state index in [1.54, 1.807) is 42.6 Å². The fraction of sp³-hybridized carbons (Fsp3) is 0.222. The third-order valence-electron chi connectivity index (χ3n) is 5.31. The van der Waals surface area contributed by atoms with Crippen molar-refractivity contribution in [2.45, 2.75) is 18.6 Å². The summed E-state index contributed by atoms with van der Waals surface area (Å²) >= 11 is 0. The lowest BCUT2D eigenvalue weighted by Gasteiger charge is -2.19. The molecule has 0 bridgehead atoms. The van der Waals surface area contributed by atoms with Crippen molar-refractivity contribution >= 4 is 29.8 Å². The van der Waals surface area contributed by atoms with Crippen molar-refractivity contribution in [1.82, 2.24) is 15.6 Å². The number of rotatable bonds is 11. The summed E-state index contributed by atoms with van der Waals surface area (Å²) in [6.07, 6.45) is -5.57. The molecule has 3 rings (SSSR count). The van der Waals surface area contributed by atoms with E-state index < -0.39 is 54.9 Å².